The Kier molecular flexibility index (Phi) is 4.85. The van der Waals surface area contributed by atoms with E-state index in [1.807, 2.05) is 6.92 Å². The number of nitrogens with zero attached hydrogens (tertiary/aromatic N) is 1. The Labute approximate surface area is 116 Å². The van der Waals surface area contributed by atoms with Gasteiger partial charge >= 0.3 is 5.97 Å². The van der Waals surface area contributed by atoms with Crippen molar-refractivity contribution in [2.45, 2.75) is 51.5 Å². The molecule has 1 saturated heterocycles. The fourth-order valence-corrected chi connectivity index (χ4v) is 3.57. The molecule has 0 aromatic rings. The Bertz CT molecular complexity index is 309. The van der Waals surface area contributed by atoms with E-state index in [9.17, 15) is 9.90 Å². The van der Waals surface area contributed by atoms with Crippen LogP contribution in [-0.4, -0.2) is 47.7 Å². The predicted molar refractivity (Wildman–Crippen MR) is 76.2 cm³/mol. The van der Waals surface area contributed by atoms with Gasteiger partial charge in [-0.15, -0.1) is 0 Å². The number of carboxylic acids is 1. The molecule has 0 spiro atoms. The largest absolute Gasteiger partial charge is 0.480 e. The molecule has 19 heavy (non-hydrogen) atoms. The van der Waals surface area contributed by atoms with Crippen molar-refractivity contribution in [3.63, 3.8) is 0 Å². The summed E-state index contributed by atoms with van der Waals surface area (Å²) < 4.78 is 0. The van der Waals surface area contributed by atoms with Crippen molar-refractivity contribution in [1.29, 1.82) is 0 Å². The number of aliphatic carboxylic acids is 1. The maximum Gasteiger partial charge on any atom is 0.323 e. The molecule has 4 nitrogen and oxygen atoms in total. The van der Waals surface area contributed by atoms with E-state index in [1.54, 1.807) is 0 Å². The summed E-state index contributed by atoms with van der Waals surface area (Å²) in [6.07, 6.45) is 5.82. The van der Waals surface area contributed by atoms with Gasteiger partial charge in [0.05, 0.1) is 0 Å². The van der Waals surface area contributed by atoms with E-state index in [1.165, 1.54) is 32.4 Å². The minimum atomic E-state index is -0.770. The summed E-state index contributed by atoms with van der Waals surface area (Å²) in [7, 11) is 0. The molecule has 4 heteroatoms. The third kappa shape index (κ3) is 3.48. The molecule has 2 rings (SSSR count). The summed E-state index contributed by atoms with van der Waals surface area (Å²) in [6, 6.07) is 0. The summed E-state index contributed by atoms with van der Waals surface area (Å²) in [5.41, 5.74) is -0.770. The summed E-state index contributed by atoms with van der Waals surface area (Å²) in [6.45, 7) is 7.95. The zero-order chi connectivity index (χ0) is 13.9. The summed E-state index contributed by atoms with van der Waals surface area (Å²) in [5, 5.41) is 12.6. The van der Waals surface area contributed by atoms with Gasteiger partial charge in [-0.1, -0.05) is 13.3 Å². The average molecular weight is 268 g/mol. The first-order valence-corrected chi connectivity index (χ1v) is 7.76. The van der Waals surface area contributed by atoms with Crippen molar-refractivity contribution in [2.75, 3.05) is 26.2 Å². The Morgan fingerprint density at radius 1 is 1.37 bits per heavy atom. The first-order valence-electron chi connectivity index (χ1n) is 7.76. The Morgan fingerprint density at radius 2 is 2.00 bits per heavy atom. The van der Waals surface area contributed by atoms with Crippen molar-refractivity contribution in [1.82, 2.24) is 10.2 Å². The van der Waals surface area contributed by atoms with Crippen molar-refractivity contribution in [3.05, 3.63) is 0 Å². The van der Waals surface area contributed by atoms with Gasteiger partial charge in [-0.3, -0.25) is 4.79 Å². The average Bonchev–Trinajstić information content (AvgIpc) is 2.94. The van der Waals surface area contributed by atoms with Crippen LogP contribution in [0.5, 0.6) is 0 Å². The number of rotatable bonds is 7. The maximum absolute atomic E-state index is 11.4. The topological polar surface area (TPSA) is 52.6 Å². The van der Waals surface area contributed by atoms with Crippen LogP contribution < -0.4 is 5.32 Å². The molecule has 1 aliphatic heterocycles. The van der Waals surface area contributed by atoms with Gasteiger partial charge < -0.3 is 15.3 Å². The van der Waals surface area contributed by atoms with Crippen molar-refractivity contribution in [3.8, 4) is 0 Å². The Hall–Kier alpha value is -0.610. The normalized spacial score (nSPS) is 30.2. The molecule has 2 aliphatic rings. The smallest absolute Gasteiger partial charge is 0.323 e. The third-order valence-electron chi connectivity index (χ3n) is 4.97. The van der Waals surface area contributed by atoms with Crippen molar-refractivity contribution >= 4 is 5.97 Å². The zero-order valence-corrected chi connectivity index (χ0v) is 12.3. The molecule has 3 atom stereocenters. The molecule has 1 aliphatic carbocycles. The molecule has 2 N–H and O–H groups in total. The second-order valence-electron chi connectivity index (χ2n) is 6.52. The van der Waals surface area contributed by atoms with Crippen LogP contribution in [0.15, 0.2) is 0 Å². The van der Waals surface area contributed by atoms with Gasteiger partial charge in [0.1, 0.15) is 5.54 Å². The van der Waals surface area contributed by atoms with Crippen molar-refractivity contribution in [2.24, 2.45) is 11.8 Å². The molecule has 110 valence electrons. The first-order chi connectivity index (χ1) is 9.05. The van der Waals surface area contributed by atoms with Gasteiger partial charge in [0, 0.05) is 19.6 Å². The number of carboxylic acid groups (broad SMARTS) is 1. The van der Waals surface area contributed by atoms with Crippen LogP contribution in [0, 0.1) is 11.8 Å². The lowest BCUT2D eigenvalue weighted by atomic mass is 9.97. The highest BCUT2D eigenvalue weighted by Crippen LogP contribution is 2.37. The highest BCUT2D eigenvalue weighted by atomic mass is 16.4. The molecule has 0 radical (unpaired) electrons. The summed E-state index contributed by atoms with van der Waals surface area (Å²) >= 11 is 0. The van der Waals surface area contributed by atoms with E-state index in [2.05, 4.69) is 17.1 Å². The molecule has 0 amide bonds. The molecule has 3 unspecified atom stereocenters. The number of hydrogen-bond donors (Lipinski definition) is 2. The number of hydrogen-bond acceptors (Lipinski definition) is 3. The molecule has 1 saturated carbocycles. The van der Waals surface area contributed by atoms with Gasteiger partial charge in [0.2, 0.25) is 0 Å². The summed E-state index contributed by atoms with van der Waals surface area (Å²) in [5.74, 6) is 1.06. The van der Waals surface area contributed by atoms with E-state index >= 15 is 0 Å². The van der Waals surface area contributed by atoms with Gasteiger partial charge in [0.15, 0.2) is 0 Å². The lowest BCUT2D eigenvalue weighted by Gasteiger charge is -2.28. The van der Waals surface area contributed by atoms with E-state index in [-0.39, 0.29) is 0 Å². The first kappa shape index (κ1) is 14.8. The van der Waals surface area contributed by atoms with Crippen molar-refractivity contribution < 1.29 is 9.90 Å². The van der Waals surface area contributed by atoms with Crippen LogP contribution in [0.3, 0.4) is 0 Å². The monoisotopic (exact) mass is 268 g/mol. The standard InChI is InChI=1S/C15H28N2O2/c1-3-8-16-15(2,14(18)19)7-9-17-10-12-5-4-6-13(12)11-17/h12-13,16H,3-11H2,1-2H3,(H,18,19). The minimum Gasteiger partial charge on any atom is -0.480 e. The lowest BCUT2D eigenvalue weighted by molar-refractivity contribution is -0.144. The number of nitrogens with one attached hydrogen (secondary N) is 1. The highest BCUT2D eigenvalue weighted by Gasteiger charge is 2.38. The van der Waals surface area contributed by atoms with Crippen LogP contribution >= 0.6 is 0 Å². The summed E-state index contributed by atoms with van der Waals surface area (Å²) in [4.78, 5) is 13.9. The Balaban J connectivity index is 1.80. The van der Waals surface area contributed by atoms with Gasteiger partial charge in [-0.2, -0.15) is 0 Å². The molecule has 0 aromatic heterocycles. The minimum absolute atomic E-state index is 0.696. The highest BCUT2D eigenvalue weighted by molar-refractivity contribution is 5.78. The van der Waals surface area contributed by atoms with Gasteiger partial charge in [-0.25, -0.2) is 0 Å². The van der Waals surface area contributed by atoms with E-state index in [0.29, 0.717) is 6.42 Å². The van der Waals surface area contributed by atoms with E-state index in [4.69, 9.17) is 0 Å². The Morgan fingerprint density at radius 3 is 2.53 bits per heavy atom. The number of fused-ring (bicyclic) bond motifs is 1. The predicted octanol–water partition coefficient (Wildman–Crippen LogP) is 1.95. The number of carbonyl (C=O) groups is 1. The van der Waals surface area contributed by atoms with E-state index < -0.39 is 11.5 Å². The molecule has 0 bridgehead atoms. The molecule has 2 fully saturated rings. The van der Waals surface area contributed by atoms with Gasteiger partial charge in [-0.05, 0) is 51.0 Å². The van der Waals surface area contributed by atoms with Gasteiger partial charge in [0.25, 0.3) is 0 Å². The molecular weight excluding hydrogens is 240 g/mol. The fourth-order valence-electron chi connectivity index (χ4n) is 3.57. The molecule has 0 aromatic carbocycles. The quantitative estimate of drug-likeness (QED) is 0.741. The fraction of sp³-hybridized carbons (Fsp3) is 0.933. The number of likely N-dealkylation sites (tertiary alicyclic amines) is 1. The third-order valence-corrected chi connectivity index (χ3v) is 4.97. The van der Waals surface area contributed by atoms with Crippen LogP contribution in [-0.2, 0) is 4.79 Å². The van der Waals surface area contributed by atoms with E-state index in [0.717, 1.165) is 31.3 Å². The van der Waals surface area contributed by atoms with Crippen LogP contribution in [0.25, 0.3) is 0 Å². The van der Waals surface area contributed by atoms with Crippen LogP contribution in [0.1, 0.15) is 46.0 Å². The molecule has 1 heterocycles. The van der Waals surface area contributed by atoms with Crippen LogP contribution in [0.4, 0.5) is 0 Å². The molecular formula is C15H28N2O2. The lowest BCUT2D eigenvalue weighted by Crippen LogP contribution is -2.51. The second kappa shape index (κ2) is 6.23. The van der Waals surface area contributed by atoms with Crippen LogP contribution in [0.2, 0.25) is 0 Å². The second-order valence-corrected chi connectivity index (χ2v) is 6.52. The maximum atomic E-state index is 11.4. The zero-order valence-electron chi connectivity index (χ0n) is 12.3. The SMILES string of the molecule is CCCNC(C)(CCN1CC2CCCC2C1)C(=O)O.